The van der Waals surface area contributed by atoms with E-state index >= 15 is 0 Å². The molecule has 0 aromatic carbocycles. The van der Waals surface area contributed by atoms with Crippen molar-refractivity contribution >= 4 is 17.7 Å². The van der Waals surface area contributed by atoms with Gasteiger partial charge < -0.3 is 4.74 Å². The first-order valence-corrected chi connectivity index (χ1v) is 5.24. The van der Waals surface area contributed by atoms with E-state index in [1.165, 1.54) is 0 Å². The maximum Gasteiger partial charge on any atom is 0.411 e. The van der Waals surface area contributed by atoms with E-state index in [1.54, 1.807) is 27.7 Å². The quantitative estimate of drug-likeness (QED) is 0.579. The maximum atomic E-state index is 11.6. The van der Waals surface area contributed by atoms with Crippen molar-refractivity contribution < 1.29 is 19.1 Å². The van der Waals surface area contributed by atoms with Crippen molar-refractivity contribution in [3.8, 4) is 0 Å². The third-order valence-electron chi connectivity index (χ3n) is 2.31. The van der Waals surface area contributed by atoms with E-state index in [4.69, 9.17) is 4.74 Å². The fraction of sp³-hybridized carbons (Fsp3) is 0.727. The van der Waals surface area contributed by atoms with Crippen molar-refractivity contribution in [3.05, 3.63) is 0 Å². The molecule has 1 aliphatic rings. The third-order valence-corrected chi connectivity index (χ3v) is 2.31. The Morgan fingerprint density at radius 3 is 2.06 bits per heavy atom. The lowest BCUT2D eigenvalue weighted by Gasteiger charge is -2.30. The van der Waals surface area contributed by atoms with Crippen molar-refractivity contribution in [3.63, 3.8) is 0 Å². The second kappa shape index (κ2) is 4.23. The number of hydrogen-bond donors (Lipinski definition) is 0. The monoisotopic (exact) mass is 227 g/mol. The van der Waals surface area contributed by atoms with Gasteiger partial charge >= 0.3 is 6.09 Å². The Kier molecular flexibility index (Phi) is 3.35. The van der Waals surface area contributed by atoms with Crippen LogP contribution in [0.5, 0.6) is 0 Å². The summed E-state index contributed by atoms with van der Waals surface area (Å²) in [4.78, 5) is 35.6. The largest absolute Gasteiger partial charge is 0.444 e. The van der Waals surface area contributed by atoms with Crippen LogP contribution in [0.25, 0.3) is 0 Å². The minimum atomic E-state index is -0.619. The lowest BCUT2D eigenvalue weighted by Crippen LogP contribution is -2.50. The summed E-state index contributed by atoms with van der Waals surface area (Å²) in [5.74, 6) is -1.07. The lowest BCUT2D eigenvalue weighted by atomic mass is 9.97. The molecule has 90 valence electrons. The van der Waals surface area contributed by atoms with Gasteiger partial charge in [-0.2, -0.15) is 0 Å². The number of carbonyl (C=O) groups excluding carboxylic acids is 3. The van der Waals surface area contributed by atoms with Gasteiger partial charge in [0.25, 0.3) is 0 Å². The van der Waals surface area contributed by atoms with Gasteiger partial charge in [0.15, 0.2) is 11.6 Å². The van der Waals surface area contributed by atoms with Gasteiger partial charge in [-0.25, -0.2) is 4.79 Å². The standard InChI is InChI=1S/C11H17NO4/c1-7-8(13)5-12(6-9(7)14)10(15)16-11(2,3)4/h7H,5-6H2,1-4H3. The zero-order valence-corrected chi connectivity index (χ0v) is 10.1. The Morgan fingerprint density at radius 2 is 1.69 bits per heavy atom. The Balaban J connectivity index is 2.66. The van der Waals surface area contributed by atoms with Gasteiger partial charge in [-0.1, -0.05) is 0 Å². The molecule has 1 fully saturated rings. The molecule has 0 aromatic heterocycles. The average Bonchev–Trinajstić information content (AvgIpc) is 2.10. The molecule has 1 heterocycles. The van der Waals surface area contributed by atoms with Gasteiger partial charge in [-0.3, -0.25) is 14.5 Å². The number of likely N-dealkylation sites (tertiary alicyclic amines) is 1. The molecular weight excluding hydrogens is 210 g/mol. The molecule has 0 aliphatic carbocycles. The van der Waals surface area contributed by atoms with E-state index in [0.717, 1.165) is 4.90 Å². The first kappa shape index (κ1) is 12.7. The normalized spacial score (nSPS) is 18.9. The van der Waals surface area contributed by atoms with Crippen LogP contribution < -0.4 is 0 Å². The molecule has 16 heavy (non-hydrogen) atoms. The van der Waals surface area contributed by atoms with Crippen LogP contribution in [0.1, 0.15) is 27.7 Å². The Morgan fingerprint density at radius 1 is 1.25 bits per heavy atom. The molecule has 0 N–H and O–H groups in total. The molecule has 0 unspecified atom stereocenters. The summed E-state index contributed by atoms with van der Waals surface area (Å²) in [5, 5.41) is 0. The van der Waals surface area contributed by atoms with Gasteiger partial charge in [-0.05, 0) is 27.7 Å². The highest BCUT2D eigenvalue weighted by Crippen LogP contribution is 2.14. The van der Waals surface area contributed by atoms with Crippen LogP contribution in [-0.4, -0.2) is 41.3 Å². The van der Waals surface area contributed by atoms with Crippen LogP contribution in [0, 0.1) is 5.92 Å². The van der Waals surface area contributed by atoms with Crippen LogP contribution in [-0.2, 0) is 14.3 Å². The highest BCUT2D eigenvalue weighted by molar-refractivity contribution is 6.07. The summed E-state index contributed by atoms with van der Waals surface area (Å²) in [6, 6.07) is 0. The first-order chi connectivity index (χ1) is 7.20. The summed E-state index contributed by atoms with van der Waals surface area (Å²) in [7, 11) is 0. The molecule has 0 saturated carbocycles. The zero-order valence-electron chi connectivity index (χ0n) is 10.1. The van der Waals surface area contributed by atoms with Crippen molar-refractivity contribution in [2.24, 2.45) is 5.92 Å². The number of ketones is 2. The molecule has 1 saturated heterocycles. The van der Waals surface area contributed by atoms with E-state index in [0.29, 0.717) is 0 Å². The SMILES string of the molecule is CC1C(=O)CN(C(=O)OC(C)(C)C)CC1=O. The molecule has 1 rings (SSSR count). The predicted molar refractivity (Wildman–Crippen MR) is 57.0 cm³/mol. The average molecular weight is 227 g/mol. The van der Waals surface area contributed by atoms with Crippen molar-refractivity contribution in [1.82, 2.24) is 4.90 Å². The van der Waals surface area contributed by atoms with Gasteiger partial charge in [0.2, 0.25) is 0 Å². The smallest absolute Gasteiger partial charge is 0.411 e. The summed E-state index contributed by atoms with van der Waals surface area (Å²) in [6.07, 6.45) is -0.610. The van der Waals surface area contributed by atoms with Gasteiger partial charge in [0.05, 0.1) is 19.0 Å². The molecule has 0 atom stereocenters. The van der Waals surface area contributed by atoms with E-state index in [1.807, 2.05) is 0 Å². The van der Waals surface area contributed by atoms with E-state index in [-0.39, 0.29) is 24.7 Å². The predicted octanol–water partition coefficient (Wildman–Crippen LogP) is 1.01. The Bertz CT molecular complexity index is 311. The molecule has 5 nitrogen and oxygen atoms in total. The molecule has 1 amide bonds. The van der Waals surface area contributed by atoms with Crippen LogP contribution in [0.4, 0.5) is 4.79 Å². The summed E-state index contributed by atoms with van der Waals surface area (Å²) < 4.78 is 5.09. The number of hydrogen-bond acceptors (Lipinski definition) is 4. The highest BCUT2D eigenvalue weighted by atomic mass is 16.6. The number of carbonyl (C=O) groups is 3. The number of Topliss-reactive ketones (excluding diaryl/α,β-unsaturated/α-hetero) is 2. The fourth-order valence-electron chi connectivity index (χ4n) is 1.34. The lowest BCUT2D eigenvalue weighted by molar-refractivity contribution is -0.137. The van der Waals surface area contributed by atoms with E-state index in [2.05, 4.69) is 0 Å². The van der Waals surface area contributed by atoms with E-state index < -0.39 is 17.6 Å². The Labute approximate surface area is 94.7 Å². The van der Waals surface area contributed by atoms with Crippen molar-refractivity contribution in [1.29, 1.82) is 0 Å². The number of rotatable bonds is 0. The van der Waals surface area contributed by atoms with Gasteiger partial charge in [0, 0.05) is 0 Å². The summed E-state index contributed by atoms with van der Waals surface area (Å²) in [6.45, 7) is 6.70. The van der Waals surface area contributed by atoms with Crippen molar-refractivity contribution in [2.45, 2.75) is 33.3 Å². The number of ether oxygens (including phenoxy) is 1. The highest BCUT2D eigenvalue weighted by Gasteiger charge is 2.34. The van der Waals surface area contributed by atoms with Crippen LogP contribution in [0.2, 0.25) is 0 Å². The number of piperidine rings is 1. The number of amides is 1. The minimum Gasteiger partial charge on any atom is -0.444 e. The Hall–Kier alpha value is -1.39. The molecular formula is C11H17NO4. The molecule has 0 spiro atoms. The second-order valence-corrected chi connectivity index (χ2v) is 4.99. The first-order valence-electron chi connectivity index (χ1n) is 5.24. The maximum absolute atomic E-state index is 11.6. The molecule has 0 bridgehead atoms. The topological polar surface area (TPSA) is 63.7 Å². The summed E-state index contributed by atoms with van der Waals surface area (Å²) >= 11 is 0. The van der Waals surface area contributed by atoms with Crippen molar-refractivity contribution in [2.75, 3.05) is 13.1 Å². The molecule has 0 radical (unpaired) electrons. The van der Waals surface area contributed by atoms with Crippen LogP contribution >= 0.6 is 0 Å². The van der Waals surface area contributed by atoms with Gasteiger partial charge in [-0.15, -0.1) is 0 Å². The fourth-order valence-corrected chi connectivity index (χ4v) is 1.34. The third kappa shape index (κ3) is 3.05. The van der Waals surface area contributed by atoms with Crippen LogP contribution in [0.15, 0.2) is 0 Å². The molecule has 1 aliphatic heterocycles. The van der Waals surface area contributed by atoms with Crippen LogP contribution in [0.3, 0.4) is 0 Å². The second-order valence-electron chi connectivity index (χ2n) is 4.99. The molecule has 5 heteroatoms. The summed E-state index contributed by atoms with van der Waals surface area (Å²) in [5.41, 5.74) is -0.619. The zero-order chi connectivity index (χ0) is 12.5. The van der Waals surface area contributed by atoms with Gasteiger partial charge in [0.1, 0.15) is 5.60 Å². The molecule has 0 aromatic rings. The number of nitrogens with zero attached hydrogens (tertiary/aromatic N) is 1. The minimum absolute atomic E-state index is 0.0399. The van der Waals surface area contributed by atoms with E-state index in [9.17, 15) is 14.4 Å².